The maximum absolute atomic E-state index is 10.1. The molecule has 0 fully saturated rings. The smallest absolute Gasteiger partial charge is 0.149 e. The van der Waals surface area contributed by atoms with Gasteiger partial charge in [0.2, 0.25) is 0 Å². The minimum absolute atomic E-state index is 0.413. The molecule has 2 nitrogen and oxygen atoms in total. The number of benzene rings is 1. The van der Waals surface area contributed by atoms with Crippen molar-refractivity contribution in [2.75, 3.05) is 0 Å². The average molecular weight is 204 g/mol. The van der Waals surface area contributed by atoms with E-state index in [-0.39, 0.29) is 0 Å². The van der Waals surface area contributed by atoms with Crippen molar-refractivity contribution < 1.29 is 0 Å². The second-order valence-electron chi connectivity index (χ2n) is 2.32. The number of hydrogen-bond acceptors (Lipinski definition) is 2. The highest BCUT2D eigenvalue weighted by atomic mass is 35.5. The highest BCUT2D eigenvalue weighted by Gasteiger charge is 2.06. The van der Waals surface area contributed by atoms with Crippen LogP contribution in [0.15, 0.2) is 29.4 Å². The van der Waals surface area contributed by atoms with Crippen LogP contribution in [0.3, 0.4) is 0 Å². The van der Waals surface area contributed by atoms with Gasteiger partial charge in [0, 0.05) is 5.88 Å². The molecule has 0 aliphatic carbocycles. The van der Waals surface area contributed by atoms with Crippen molar-refractivity contribution in [3.63, 3.8) is 0 Å². The first-order valence-electron chi connectivity index (χ1n) is 3.39. The summed E-state index contributed by atoms with van der Waals surface area (Å²) in [5.74, 6) is 0.413. The Morgan fingerprint density at radius 2 is 2.25 bits per heavy atom. The molecular weight excluding hydrogens is 197 g/mol. The topological polar surface area (TPSA) is 29.4 Å². The summed E-state index contributed by atoms with van der Waals surface area (Å²) in [6, 6.07) is 7.18. The molecule has 0 bridgehead atoms. The number of halogens is 2. The second-order valence-corrected chi connectivity index (χ2v) is 3.00. The molecule has 0 aromatic heterocycles. The fourth-order valence-corrected chi connectivity index (χ4v) is 1.19. The molecule has 12 heavy (non-hydrogen) atoms. The van der Waals surface area contributed by atoms with E-state index in [9.17, 15) is 4.91 Å². The van der Waals surface area contributed by atoms with Crippen molar-refractivity contribution in [1.29, 1.82) is 0 Å². The molecule has 1 aromatic rings. The summed E-state index contributed by atoms with van der Waals surface area (Å²) >= 11 is 11.2. The molecule has 1 atom stereocenters. The summed E-state index contributed by atoms with van der Waals surface area (Å²) in [5, 5.41) is 2.71. The van der Waals surface area contributed by atoms with Crippen molar-refractivity contribution in [3.05, 3.63) is 40.3 Å². The molecule has 1 rings (SSSR count). The molecule has 1 unspecified atom stereocenters. The quantitative estimate of drug-likeness (QED) is 0.421. The van der Waals surface area contributed by atoms with Crippen molar-refractivity contribution >= 4 is 23.2 Å². The van der Waals surface area contributed by atoms with E-state index in [1.807, 2.05) is 6.07 Å². The Hall–Kier alpha value is -0.600. The molecule has 0 heterocycles. The molecule has 0 aliphatic rings. The highest BCUT2D eigenvalue weighted by molar-refractivity contribution is 6.20. The Balaban J connectivity index is 2.93. The third-order valence-electron chi connectivity index (χ3n) is 1.47. The minimum Gasteiger partial charge on any atom is -0.149 e. The number of rotatable bonds is 3. The van der Waals surface area contributed by atoms with E-state index in [4.69, 9.17) is 23.2 Å². The second kappa shape index (κ2) is 4.43. The van der Waals surface area contributed by atoms with Gasteiger partial charge >= 0.3 is 0 Å². The van der Waals surface area contributed by atoms with Gasteiger partial charge in [0.1, 0.15) is 0 Å². The number of alkyl halides is 2. The van der Waals surface area contributed by atoms with Crippen LogP contribution in [0, 0.1) is 4.91 Å². The van der Waals surface area contributed by atoms with E-state index >= 15 is 0 Å². The third kappa shape index (κ3) is 2.19. The van der Waals surface area contributed by atoms with Crippen molar-refractivity contribution in [2.24, 2.45) is 5.18 Å². The van der Waals surface area contributed by atoms with Gasteiger partial charge < -0.3 is 0 Å². The Morgan fingerprint density at radius 3 is 2.83 bits per heavy atom. The van der Waals surface area contributed by atoms with Crippen LogP contribution in [-0.2, 0) is 5.88 Å². The van der Waals surface area contributed by atoms with Gasteiger partial charge in [-0.05, 0) is 16.3 Å². The average Bonchev–Trinajstić information content (AvgIpc) is 2.17. The molecular formula is C8H7Cl2NO. The lowest BCUT2D eigenvalue weighted by atomic mass is 10.1. The largest absolute Gasteiger partial charge is 0.190 e. The number of nitrogens with zero attached hydrogens (tertiary/aromatic N) is 1. The first-order chi connectivity index (χ1) is 5.77. The lowest BCUT2D eigenvalue weighted by molar-refractivity contribution is 1.00. The predicted molar refractivity (Wildman–Crippen MR) is 50.4 cm³/mol. The van der Waals surface area contributed by atoms with Gasteiger partial charge in [0.25, 0.3) is 0 Å². The van der Waals surface area contributed by atoms with Gasteiger partial charge in [0.15, 0.2) is 5.50 Å². The minimum atomic E-state index is -0.812. The summed E-state index contributed by atoms with van der Waals surface area (Å²) in [6.45, 7) is 0. The van der Waals surface area contributed by atoms with Gasteiger partial charge in [-0.2, -0.15) is 0 Å². The van der Waals surface area contributed by atoms with Crippen molar-refractivity contribution in [3.8, 4) is 0 Å². The SMILES string of the molecule is O=NC(Cl)c1cccc(CCl)c1. The van der Waals surface area contributed by atoms with Crippen molar-refractivity contribution in [1.82, 2.24) is 0 Å². The lowest BCUT2D eigenvalue weighted by Crippen LogP contribution is -1.86. The van der Waals surface area contributed by atoms with Gasteiger partial charge in [-0.1, -0.05) is 35.9 Å². The zero-order chi connectivity index (χ0) is 8.97. The lowest BCUT2D eigenvalue weighted by Gasteiger charge is -2.01. The Bertz CT molecular complexity index is 278. The molecule has 0 saturated carbocycles. The van der Waals surface area contributed by atoms with Crippen LogP contribution in [0.4, 0.5) is 0 Å². The Labute approximate surface area is 80.5 Å². The molecule has 1 aromatic carbocycles. The fraction of sp³-hybridized carbons (Fsp3) is 0.250. The monoisotopic (exact) mass is 203 g/mol. The molecule has 0 radical (unpaired) electrons. The number of hydrogen-bond donors (Lipinski definition) is 0. The zero-order valence-electron chi connectivity index (χ0n) is 6.21. The molecule has 0 aliphatic heterocycles. The Morgan fingerprint density at radius 1 is 1.50 bits per heavy atom. The Kier molecular flexibility index (Phi) is 3.50. The molecule has 0 spiro atoms. The van der Waals surface area contributed by atoms with E-state index in [1.54, 1.807) is 18.2 Å². The van der Waals surface area contributed by atoms with Gasteiger partial charge in [0.05, 0.1) is 0 Å². The van der Waals surface area contributed by atoms with Crippen LogP contribution in [-0.4, -0.2) is 0 Å². The maximum atomic E-state index is 10.1. The normalized spacial score (nSPS) is 12.5. The maximum Gasteiger partial charge on any atom is 0.190 e. The van der Waals surface area contributed by atoms with Crippen LogP contribution in [0.25, 0.3) is 0 Å². The third-order valence-corrected chi connectivity index (χ3v) is 2.11. The summed E-state index contributed by atoms with van der Waals surface area (Å²) in [4.78, 5) is 10.1. The summed E-state index contributed by atoms with van der Waals surface area (Å²) in [5.41, 5.74) is 0.807. The van der Waals surface area contributed by atoms with Crippen LogP contribution >= 0.6 is 23.2 Å². The molecule has 0 amide bonds. The standard InChI is InChI=1S/C8H7Cl2NO/c9-5-6-2-1-3-7(4-6)8(10)11-12/h1-4,8H,5H2. The van der Waals surface area contributed by atoms with Crippen LogP contribution < -0.4 is 0 Å². The van der Waals surface area contributed by atoms with Gasteiger partial charge in [-0.25, -0.2) is 0 Å². The van der Waals surface area contributed by atoms with Crippen LogP contribution in [0.2, 0.25) is 0 Å². The van der Waals surface area contributed by atoms with Crippen LogP contribution in [0.1, 0.15) is 16.6 Å². The van der Waals surface area contributed by atoms with Gasteiger partial charge in [-0.3, -0.25) is 0 Å². The van der Waals surface area contributed by atoms with Gasteiger partial charge in [-0.15, -0.1) is 16.5 Å². The first-order valence-corrected chi connectivity index (χ1v) is 4.36. The predicted octanol–water partition coefficient (Wildman–Crippen LogP) is 3.43. The van der Waals surface area contributed by atoms with E-state index < -0.39 is 5.50 Å². The first kappa shape index (κ1) is 9.49. The number of nitroso groups, excluding NO2 is 1. The van der Waals surface area contributed by atoms with E-state index in [0.717, 1.165) is 5.56 Å². The highest BCUT2D eigenvalue weighted by Crippen LogP contribution is 2.22. The van der Waals surface area contributed by atoms with Crippen molar-refractivity contribution in [2.45, 2.75) is 11.4 Å². The summed E-state index contributed by atoms with van der Waals surface area (Å²) in [7, 11) is 0. The zero-order valence-corrected chi connectivity index (χ0v) is 7.72. The molecule has 0 saturated heterocycles. The molecule has 64 valence electrons. The molecule has 4 heteroatoms. The fourth-order valence-electron chi connectivity index (χ4n) is 0.885. The summed E-state index contributed by atoms with van der Waals surface area (Å²) < 4.78 is 0. The van der Waals surface area contributed by atoms with E-state index in [2.05, 4.69) is 5.18 Å². The van der Waals surface area contributed by atoms with E-state index in [0.29, 0.717) is 11.4 Å². The molecule has 0 N–H and O–H groups in total. The van der Waals surface area contributed by atoms with Crippen LogP contribution in [0.5, 0.6) is 0 Å². The van der Waals surface area contributed by atoms with E-state index in [1.165, 1.54) is 0 Å². The summed E-state index contributed by atoms with van der Waals surface area (Å²) in [6.07, 6.45) is 0.